The summed E-state index contributed by atoms with van der Waals surface area (Å²) in [5.41, 5.74) is 8.48. The second kappa shape index (κ2) is 10.7. The number of para-hydroxylation sites is 1. The second-order valence-electron chi connectivity index (χ2n) is 11.3. The number of fused-ring (bicyclic) bond motifs is 6. The lowest BCUT2D eigenvalue weighted by molar-refractivity contribution is 1.30. The number of hydrogen-bond acceptors (Lipinski definition) is 3. The van der Waals surface area contributed by atoms with E-state index in [1.54, 1.807) is 0 Å². The Morgan fingerprint density at radius 3 is 1.69 bits per heavy atom. The Hall–Kier alpha value is -5.22. The summed E-state index contributed by atoms with van der Waals surface area (Å²) in [6, 6.07) is 59.5. The van der Waals surface area contributed by atoms with Gasteiger partial charge in [0.1, 0.15) is 0 Å². The molecule has 0 aliphatic heterocycles. The van der Waals surface area contributed by atoms with Crippen LogP contribution in [0.4, 0.5) is 17.1 Å². The highest BCUT2D eigenvalue weighted by atomic mass is 32.1. The molecule has 0 radical (unpaired) electrons. The number of hydrogen-bond donors (Lipinski definition) is 0. The Labute approximate surface area is 269 Å². The molecule has 2 aromatic heterocycles. The van der Waals surface area contributed by atoms with Gasteiger partial charge in [0, 0.05) is 51.7 Å². The summed E-state index contributed by atoms with van der Waals surface area (Å²) >= 11 is 3.75. The summed E-state index contributed by atoms with van der Waals surface area (Å²) in [7, 11) is 0. The molecule has 0 unspecified atom stereocenters. The van der Waals surface area contributed by atoms with E-state index in [2.05, 4.69) is 169 Å². The molecule has 0 aliphatic rings. The minimum atomic E-state index is 1.14. The molecule has 3 heteroatoms. The van der Waals surface area contributed by atoms with Crippen molar-refractivity contribution in [2.75, 3.05) is 4.90 Å². The fourth-order valence-corrected chi connectivity index (χ4v) is 9.04. The highest BCUT2D eigenvalue weighted by Gasteiger charge is 2.21. The molecule has 0 bridgehead atoms. The maximum Gasteiger partial charge on any atom is 0.0555 e. The van der Waals surface area contributed by atoms with Crippen LogP contribution in [0.15, 0.2) is 164 Å². The van der Waals surface area contributed by atoms with Crippen LogP contribution in [0.25, 0.3) is 62.6 Å². The van der Waals surface area contributed by atoms with E-state index in [-0.39, 0.29) is 0 Å². The van der Waals surface area contributed by atoms with Crippen LogP contribution in [0.1, 0.15) is 0 Å². The number of rotatable bonds is 5. The van der Waals surface area contributed by atoms with E-state index in [4.69, 9.17) is 0 Å². The summed E-state index contributed by atoms with van der Waals surface area (Å²) in [6.45, 7) is 0. The molecule has 9 aromatic rings. The van der Waals surface area contributed by atoms with Gasteiger partial charge in [0.15, 0.2) is 0 Å². The minimum absolute atomic E-state index is 1.14. The van der Waals surface area contributed by atoms with Gasteiger partial charge in [0.2, 0.25) is 0 Å². The monoisotopic (exact) mass is 609 g/mol. The van der Waals surface area contributed by atoms with Crippen LogP contribution in [-0.2, 0) is 0 Å². The van der Waals surface area contributed by atoms with Crippen molar-refractivity contribution < 1.29 is 0 Å². The van der Waals surface area contributed by atoms with Crippen LogP contribution in [0.3, 0.4) is 0 Å². The SMILES string of the molecule is c1ccc(-c2ccc(N(c3ccccc3)c3ccc(-c4cccc5sc6ccccc6c45)cc3)c3c2sc2ccccc23)cc1. The topological polar surface area (TPSA) is 3.24 Å². The molecule has 0 saturated heterocycles. The average Bonchev–Trinajstić information content (AvgIpc) is 3.69. The fraction of sp³-hybridized carbons (Fsp3) is 0. The molecule has 1 nitrogen and oxygen atoms in total. The maximum absolute atomic E-state index is 2.42. The van der Waals surface area contributed by atoms with Gasteiger partial charge in [0.25, 0.3) is 0 Å². The molecule has 45 heavy (non-hydrogen) atoms. The Balaban J connectivity index is 1.25. The molecule has 2 heterocycles. The van der Waals surface area contributed by atoms with E-state index >= 15 is 0 Å². The lowest BCUT2D eigenvalue weighted by Gasteiger charge is -2.27. The first kappa shape index (κ1) is 26.2. The third kappa shape index (κ3) is 4.35. The molecule has 0 aliphatic carbocycles. The van der Waals surface area contributed by atoms with Crippen LogP contribution in [0.2, 0.25) is 0 Å². The van der Waals surface area contributed by atoms with Gasteiger partial charge in [-0.25, -0.2) is 0 Å². The normalized spacial score (nSPS) is 11.6. The smallest absolute Gasteiger partial charge is 0.0555 e. The molecule has 7 aromatic carbocycles. The number of benzene rings is 7. The zero-order chi connectivity index (χ0) is 29.7. The van der Waals surface area contributed by atoms with Gasteiger partial charge in [-0.2, -0.15) is 0 Å². The Morgan fingerprint density at radius 1 is 0.356 bits per heavy atom. The standard InChI is InChI=1S/C42H27NS2/c1-3-12-28(13-4-1)33-26-27-36(41-35-17-8-10-20-38(35)45-42(33)41)43(30-14-5-2-6-15-30)31-24-22-29(23-25-31)32-18-11-21-39-40(32)34-16-7-9-19-37(34)44-39/h1-27H. The summed E-state index contributed by atoms with van der Waals surface area (Å²) in [6.07, 6.45) is 0. The van der Waals surface area contributed by atoms with E-state index in [0.29, 0.717) is 0 Å². The molecular weight excluding hydrogens is 583 g/mol. The molecule has 0 saturated carbocycles. The summed E-state index contributed by atoms with van der Waals surface area (Å²) in [4.78, 5) is 2.42. The van der Waals surface area contributed by atoms with E-state index in [0.717, 1.165) is 11.4 Å². The minimum Gasteiger partial charge on any atom is -0.310 e. The highest BCUT2D eigenvalue weighted by Crippen LogP contribution is 2.48. The first-order valence-corrected chi connectivity index (χ1v) is 16.8. The molecule has 0 N–H and O–H groups in total. The van der Waals surface area contributed by atoms with E-state index in [9.17, 15) is 0 Å². The summed E-state index contributed by atoms with van der Waals surface area (Å²) in [5, 5.41) is 5.25. The number of nitrogens with zero attached hydrogens (tertiary/aromatic N) is 1. The first-order chi connectivity index (χ1) is 22.3. The van der Waals surface area contributed by atoms with E-state index in [1.165, 1.54) is 68.3 Å². The van der Waals surface area contributed by atoms with Crippen LogP contribution in [0.5, 0.6) is 0 Å². The molecule has 0 fully saturated rings. The Morgan fingerprint density at radius 2 is 0.933 bits per heavy atom. The largest absolute Gasteiger partial charge is 0.310 e. The zero-order valence-electron chi connectivity index (χ0n) is 24.4. The molecule has 9 rings (SSSR count). The van der Waals surface area contributed by atoms with Crippen molar-refractivity contribution in [1.29, 1.82) is 0 Å². The Kier molecular flexibility index (Phi) is 6.26. The Bertz CT molecular complexity index is 2470. The van der Waals surface area contributed by atoms with Gasteiger partial charge in [-0.1, -0.05) is 115 Å². The van der Waals surface area contributed by atoms with Crippen LogP contribution >= 0.6 is 22.7 Å². The lowest BCUT2D eigenvalue weighted by Crippen LogP contribution is -2.10. The third-order valence-corrected chi connectivity index (χ3v) is 11.0. The molecule has 0 amide bonds. The maximum atomic E-state index is 2.42. The summed E-state index contributed by atoms with van der Waals surface area (Å²) < 4.78 is 5.27. The van der Waals surface area contributed by atoms with Crippen molar-refractivity contribution in [2.45, 2.75) is 0 Å². The van der Waals surface area contributed by atoms with Gasteiger partial charge in [-0.3, -0.25) is 0 Å². The van der Waals surface area contributed by atoms with Gasteiger partial charge in [0.05, 0.1) is 5.69 Å². The predicted molar refractivity (Wildman–Crippen MR) is 198 cm³/mol. The number of anilines is 3. The highest BCUT2D eigenvalue weighted by molar-refractivity contribution is 7.26. The zero-order valence-corrected chi connectivity index (χ0v) is 26.0. The quantitative estimate of drug-likeness (QED) is 0.188. The lowest BCUT2D eigenvalue weighted by atomic mass is 9.98. The molecule has 0 spiro atoms. The van der Waals surface area contributed by atoms with Gasteiger partial charge < -0.3 is 4.90 Å². The van der Waals surface area contributed by atoms with E-state index in [1.807, 2.05) is 22.7 Å². The first-order valence-electron chi connectivity index (χ1n) is 15.2. The van der Waals surface area contributed by atoms with Crippen molar-refractivity contribution in [3.63, 3.8) is 0 Å². The van der Waals surface area contributed by atoms with Gasteiger partial charge in [-0.05, 0) is 70.8 Å². The molecule has 212 valence electrons. The van der Waals surface area contributed by atoms with Crippen molar-refractivity contribution >= 4 is 80.1 Å². The second-order valence-corrected chi connectivity index (χ2v) is 13.4. The van der Waals surface area contributed by atoms with Gasteiger partial charge in [-0.15, -0.1) is 22.7 Å². The van der Waals surface area contributed by atoms with Gasteiger partial charge >= 0.3 is 0 Å². The summed E-state index contributed by atoms with van der Waals surface area (Å²) in [5.74, 6) is 0. The van der Waals surface area contributed by atoms with Crippen LogP contribution < -0.4 is 4.90 Å². The van der Waals surface area contributed by atoms with Crippen molar-refractivity contribution in [3.05, 3.63) is 164 Å². The van der Waals surface area contributed by atoms with Crippen molar-refractivity contribution in [2.24, 2.45) is 0 Å². The average molecular weight is 610 g/mol. The third-order valence-electron chi connectivity index (χ3n) is 8.68. The molecular formula is C42H27NS2. The van der Waals surface area contributed by atoms with Crippen molar-refractivity contribution in [1.82, 2.24) is 0 Å². The van der Waals surface area contributed by atoms with Crippen molar-refractivity contribution in [3.8, 4) is 22.3 Å². The van der Waals surface area contributed by atoms with Crippen LogP contribution in [0, 0.1) is 0 Å². The molecule has 0 atom stereocenters. The van der Waals surface area contributed by atoms with E-state index < -0.39 is 0 Å². The fourth-order valence-electron chi connectivity index (χ4n) is 6.65. The number of thiophene rings is 2. The van der Waals surface area contributed by atoms with Crippen LogP contribution in [-0.4, -0.2) is 0 Å². The predicted octanol–water partition coefficient (Wildman–Crippen LogP) is 13.2.